The third-order valence-electron chi connectivity index (χ3n) is 2.18. The molecule has 3 nitrogen and oxygen atoms in total. The van der Waals surface area contributed by atoms with Crippen molar-refractivity contribution >= 4 is 15.9 Å². The Morgan fingerprint density at radius 1 is 1.50 bits per heavy atom. The van der Waals surface area contributed by atoms with Crippen molar-refractivity contribution in [2.24, 2.45) is 0 Å². The van der Waals surface area contributed by atoms with Crippen molar-refractivity contribution in [2.45, 2.75) is 12.6 Å². The highest BCUT2D eigenvalue weighted by molar-refractivity contribution is 9.10. The third kappa shape index (κ3) is 4.17. The molecule has 1 atom stereocenters. The normalized spacial score (nSPS) is 13.1. The van der Waals surface area contributed by atoms with Gasteiger partial charge in [0.2, 0.25) is 0 Å². The quantitative estimate of drug-likeness (QED) is 0.861. The maximum Gasteiger partial charge on any atom is 0.127 e. The minimum absolute atomic E-state index is 0.270. The largest absolute Gasteiger partial charge is 0.394 e. The summed E-state index contributed by atoms with van der Waals surface area (Å²) < 4.78 is 14.2. The molecule has 0 bridgehead atoms. The summed E-state index contributed by atoms with van der Waals surface area (Å²) in [5, 5.41) is 17.9. The van der Waals surface area contributed by atoms with Gasteiger partial charge in [-0.05, 0) is 25.2 Å². The van der Waals surface area contributed by atoms with E-state index in [0.717, 1.165) is 4.47 Å². The molecule has 0 heterocycles. The molecule has 0 saturated heterocycles. The Bertz CT molecular complexity index is 349. The monoisotopic (exact) mass is 291 g/mol. The maximum absolute atomic E-state index is 13.4. The molecule has 1 rings (SSSR count). The highest BCUT2D eigenvalue weighted by Gasteiger charge is 2.10. The van der Waals surface area contributed by atoms with E-state index in [1.807, 2.05) is 0 Å². The second kappa shape index (κ2) is 6.30. The second-order valence-corrected chi connectivity index (χ2v) is 4.68. The number of nitrogens with zero attached hydrogens (tertiary/aromatic N) is 1. The highest BCUT2D eigenvalue weighted by Crippen LogP contribution is 2.16. The molecule has 5 heteroatoms. The van der Waals surface area contributed by atoms with Gasteiger partial charge >= 0.3 is 0 Å². The summed E-state index contributed by atoms with van der Waals surface area (Å²) in [4.78, 5) is 1.76. The molecule has 0 aromatic heterocycles. The van der Waals surface area contributed by atoms with Crippen molar-refractivity contribution in [3.05, 3.63) is 34.1 Å². The Balaban J connectivity index is 2.61. The highest BCUT2D eigenvalue weighted by atomic mass is 79.9. The van der Waals surface area contributed by atoms with E-state index in [1.54, 1.807) is 24.1 Å². The van der Waals surface area contributed by atoms with Gasteiger partial charge in [0.25, 0.3) is 0 Å². The summed E-state index contributed by atoms with van der Waals surface area (Å²) in [7, 11) is 1.76. The standard InChI is InChI=1S/C11H15BrFNO2/c1-14(6-10(16)7-15)5-8-4-9(12)2-3-11(8)13/h2-4,10,15-16H,5-7H2,1H3. The molecule has 1 unspecified atom stereocenters. The molecule has 1 aromatic carbocycles. The molecular formula is C11H15BrFNO2. The van der Waals surface area contributed by atoms with Gasteiger partial charge in [-0.1, -0.05) is 15.9 Å². The number of benzene rings is 1. The van der Waals surface area contributed by atoms with Crippen LogP contribution in [-0.2, 0) is 6.54 Å². The predicted octanol–water partition coefficient (Wildman–Crippen LogP) is 1.37. The van der Waals surface area contributed by atoms with Crippen LogP contribution in [-0.4, -0.2) is 41.4 Å². The van der Waals surface area contributed by atoms with E-state index in [2.05, 4.69) is 15.9 Å². The number of rotatable bonds is 5. The van der Waals surface area contributed by atoms with Gasteiger partial charge in [0.05, 0.1) is 12.7 Å². The first-order valence-electron chi connectivity index (χ1n) is 4.94. The van der Waals surface area contributed by atoms with E-state index < -0.39 is 6.10 Å². The fraction of sp³-hybridized carbons (Fsp3) is 0.455. The van der Waals surface area contributed by atoms with Gasteiger partial charge in [0.15, 0.2) is 0 Å². The predicted molar refractivity (Wildman–Crippen MR) is 63.5 cm³/mol. The number of aliphatic hydroxyl groups excluding tert-OH is 2. The maximum atomic E-state index is 13.4. The lowest BCUT2D eigenvalue weighted by Gasteiger charge is -2.19. The van der Waals surface area contributed by atoms with Crippen molar-refractivity contribution in [3.8, 4) is 0 Å². The van der Waals surface area contributed by atoms with Crippen molar-refractivity contribution in [3.63, 3.8) is 0 Å². The molecule has 2 N–H and O–H groups in total. The summed E-state index contributed by atoms with van der Waals surface area (Å²) in [6.07, 6.45) is -0.791. The van der Waals surface area contributed by atoms with E-state index in [1.165, 1.54) is 6.07 Å². The van der Waals surface area contributed by atoms with E-state index >= 15 is 0 Å². The van der Waals surface area contributed by atoms with E-state index in [-0.39, 0.29) is 12.4 Å². The summed E-state index contributed by atoms with van der Waals surface area (Å²) in [6, 6.07) is 4.74. The molecule has 90 valence electrons. The van der Waals surface area contributed by atoms with Crippen molar-refractivity contribution in [1.82, 2.24) is 4.90 Å². The summed E-state index contributed by atoms with van der Waals surface area (Å²) in [5.41, 5.74) is 0.557. The Morgan fingerprint density at radius 2 is 2.19 bits per heavy atom. The lowest BCUT2D eigenvalue weighted by molar-refractivity contribution is 0.0645. The van der Waals surface area contributed by atoms with Gasteiger partial charge < -0.3 is 10.2 Å². The van der Waals surface area contributed by atoms with Crippen LogP contribution in [0.4, 0.5) is 4.39 Å². The minimum atomic E-state index is -0.791. The molecule has 0 spiro atoms. The van der Waals surface area contributed by atoms with E-state index in [4.69, 9.17) is 5.11 Å². The number of aliphatic hydroxyl groups is 2. The number of hydrogen-bond donors (Lipinski definition) is 2. The zero-order valence-electron chi connectivity index (χ0n) is 9.03. The molecule has 1 aromatic rings. The fourth-order valence-electron chi connectivity index (χ4n) is 1.44. The zero-order valence-corrected chi connectivity index (χ0v) is 10.6. The Hall–Kier alpha value is -0.490. The van der Waals surface area contributed by atoms with Crippen LogP contribution in [0.25, 0.3) is 0 Å². The van der Waals surface area contributed by atoms with Crippen molar-refractivity contribution in [1.29, 1.82) is 0 Å². The van der Waals surface area contributed by atoms with Crippen LogP contribution in [0, 0.1) is 5.82 Å². The molecular weight excluding hydrogens is 277 g/mol. The lowest BCUT2D eigenvalue weighted by atomic mass is 10.2. The molecule has 0 amide bonds. The average molecular weight is 292 g/mol. The van der Waals surface area contributed by atoms with Crippen LogP contribution in [0.1, 0.15) is 5.56 Å². The van der Waals surface area contributed by atoms with Crippen molar-refractivity contribution in [2.75, 3.05) is 20.2 Å². The molecule has 0 aliphatic heterocycles. The fourth-order valence-corrected chi connectivity index (χ4v) is 1.85. The van der Waals surface area contributed by atoms with Crippen LogP contribution >= 0.6 is 15.9 Å². The van der Waals surface area contributed by atoms with Crippen LogP contribution in [0.2, 0.25) is 0 Å². The van der Waals surface area contributed by atoms with Crippen LogP contribution < -0.4 is 0 Å². The number of hydrogen-bond acceptors (Lipinski definition) is 3. The number of likely N-dealkylation sites (N-methyl/N-ethyl adjacent to an activating group) is 1. The zero-order chi connectivity index (χ0) is 12.1. The van der Waals surface area contributed by atoms with Gasteiger partial charge in [-0.3, -0.25) is 4.90 Å². The van der Waals surface area contributed by atoms with Crippen LogP contribution in [0.15, 0.2) is 22.7 Å². The van der Waals surface area contributed by atoms with Crippen molar-refractivity contribution < 1.29 is 14.6 Å². The van der Waals surface area contributed by atoms with Crippen LogP contribution in [0.5, 0.6) is 0 Å². The Morgan fingerprint density at radius 3 is 2.81 bits per heavy atom. The van der Waals surface area contributed by atoms with Gasteiger partial charge in [-0.2, -0.15) is 0 Å². The van der Waals surface area contributed by atoms with Gasteiger partial charge in [0, 0.05) is 23.1 Å². The van der Waals surface area contributed by atoms with E-state index in [0.29, 0.717) is 18.7 Å². The average Bonchev–Trinajstić information content (AvgIpc) is 2.23. The SMILES string of the molecule is CN(Cc1cc(Br)ccc1F)CC(O)CO. The molecule has 0 fully saturated rings. The Labute approximate surface area is 103 Å². The summed E-state index contributed by atoms with van der Waals surface area (Å²) in [5.74, 6) is -0.270. The lowest BCUT2D eigenvalue weighted by Crippen LogP contribution is -2.31. The third-order valence-corrected chi connectivity index (χ3v) is 2.67. The van der Waals surface area contributed by atoms with Gasteiger partial charge in [-0.15, -0.1) is 0 Å². The Kier molecular flexibility index (Phi) is 5.34. The smallest absolute Gasteiger partial charge is 0.127 e. The second-order valence-electron chi connectivity index (χ2n) is 3.77. The van der Waals surface area contributed by atoms with Gasteiger partial charge in [-0.25, -0.2) is 4.39 Å². The summed E-state index contributed by atoms with van der Waals surface area (Å²) >= 11 is 3.28. The first kappa shape index (κ1) is 13.6. The topological polar surface area (TPSA) is 43.7 Å². The molecule has 16 heavy (non-hydrogen) atoms. The molecule has 0 radical (unpaired) electrons. The molecule has 0 aliphatic rings. The molecule has 0 aliphatic carbocycles. The minimum Gasteiger partial charge on any atom is -0.394 e. The first-order valence-corrected chi connectivity index (χ1v) is 5.73. The number of halogens is 2. The van der Waals surface area contributed by atoms with Crippen LogP contribution in [0.3, 0.4) is 0 Å². The summed E-state index contributed by atoms with van der Waals surface area (Å²) in [6.45, 7) is 0.413. The van der Waals surface area contributed by atoms with Gasteiger partial charge in [0.1, 0.15) is 5.82 Å². The first-order chi connectivity index (χ1) is 7.52. The molecule has 0 saturated carbocycles. The van der Waals surface area contributed by atoms with E-state index in [9.17, 15) is 9.50 Å².